The largest absolute Gasteiger partial charge is 0.497 e. The molecule has 1 fully saturated rings. The molecule has 8 nitrogen and oxygen atoms in total. The zero-order valence-electron chi connectivity index (χ0n) is 19.8. The summed E-state index contributed by atoms with van der Waals surface area (Å²) in [5, 5.41) is 15.5. The number of aliphatic hydroxyl groups is 1. The lowest BCUT2D eigenvalue weighted by atomic mass is 10.1. The zero-order chi connectivity index (χ0) is 24.5. The average Bonchev–Trinajstić information content (AvgIpc) is 3.69. The summed E-state index contributed by atoms with van der Waals surface area (Å²) in [4.78, 5) is 16.6. The summed E-state index contributed by atoms with van der Waals surface area (Å²) >= 11 is 1.60. The predicted octanol–water partition coefficient (Wildman–Crippen LogP) is 5.26. The van der Waals surface area contributed by atoms with Gasteiger partial charge in [0.1, 0.15) is 17.9 Å². The first kappa shape index (κ1) is 22.5. The Bertz CT molecular complexity index is 1480. The summed E-state index contributed by atoms with van der Waals surface area (Å²) in [6.45, 7) is 0.904. The first-order valence-corrected chi connectivity index (χ1v) is 12.8. The van der Waals surface area contributed by atoms with Crippen LogP contribution in [0, 0.1) is 0 Å². The van der Waals surface area contributed by atoms with Gasteiger partial charge >= 0.3 is 0 Å². The van der Waals surface area contributed by atoms with Crippen molar-refractivity contribution in [3.8, 4) is 22.6 Å². The average molecular weight is 499 g/mol. The van der Waals surface area contributed by atoms with Crippen molar-refractivity contribution in [1.82, 2.24) is 19.5 Å². The molecule has 5 aromatic rings. The van der Waals surface area contributed by atoms with Gasteiger partial charge in [0.2, 0.25) is 5.95 Å². The van der Waals surface area contributed by atoms with Gasteiger partial charge in [0.15, 0.2) is 5.82 Å². The summed E-state index contributed by atoms with van der Waals surface area (Å²) in [6.07, 6.45) is 5.67. The molecule has 1 aliphatic heterocycles. The molecule has 0 unspecified atom stereocenters. The van der Waals surface area contributed by atoms with E-state index in [2.05, 4.69) is 20.6 Å². The van der Waals surface area contributed by atoms with Crippen molar-refractivity contribution >= 4 is 39.1 Å². The highest BCUT2D eigenvalue weighted by atomic mass is 32.1. The number of fused-ring (bicyclic) bond motifs is 1. The molecule has 0 radical (unpaired) electrons. The van der Waals surface area contributed by atoms with Crippen molar-refractivity contribution in [2.45, 2.75) is 18.9 Å². The first-order valence-electron chi connectivity index (χ1n) is 11.9. The Labute approximate surface area is 212 Å². The van der Waals surface area contributed by atoms with Crippen molar-refractivity contribution in [3.05, 3.63) is 72.5 Å². The van der Waals surface area contributed by atoms with Gasteiger partial charge in [-0.05, 0) is 42.7 Å². The van der Waals surface area contributed by atoms with Crippen LogP contribution in [0.3, 0.4) is 0 Å². The van der Waals surface area contributed by atoms with Gasteiger partial charge in [0.05, 0.1) is 36.2 Å². The molecule has 0 bridgehead atoms. The fourth-order valence-electron chi connectivity index (χ4n) is 4.63. The van der Waals surface area contributed by atoms with E-state index in [-0.39, 0.29) is 12.6 Å². The topological polar surface area (TPSA) is 88.3 Å². The van der Waals surface area contributed by atoms with Gasteiger partial charge in [-0.25, -0.2) is 9.97 Å². The molecule has 36 heavy (non-hydrogen) atoms. The number of nitrogens with zero attached hydrogens (tertiary/aromatic N) is 5. The van der Waals surface area contributed by atoms with Crippen molar-refractivity contribution in [2.75, 3.05) is 30.5 Å². The van der Waals surface area contributed by atoms with E-state index in [1.165, 1.54) is 0 Å². The van der Waals surface area contributed by atoms with Gasteiger partial charge < -0.3 is 24.6 Å². The van der Waals surface area contributed by atoms with Crippen LogP contribution in [0.25, 0.3) is 27.0 Å². The Morgan fingerprint density at radius 3 is 2.72 bits per heavy atom. The van der Waals surface area contributed by atoms with Gasteiger partial charge in [-0.15, -0.1) is 11.3 Å². The number of hydrogen-bond donors (Lipinski definition) is 2. The molecule has 1 atom stereocenters. The molecule has 182 valence electrons. The number of aliphatic hydroxyl groups excluding tert-OH is 1. The highest BCUT2D eigenvalue weighted by Crippen LogP contribution is 2.39. The standard InChI is InChI=1S/C27H26N6O2S/c1-35-21-11-9-18(10-12-21)22-16-36-25-24(22)30-27(33-13-5-8-20(33)15-34)31-26(25)29-23-14-32(17-28-23)19-6-3-2-4-7-19/h2-4,6-7,9-12,14,16-17,20,34H,5,8,13,15H2,1H3,(H,29,30,31)/t20-/m0/s1. The molecule has 0 saturated carbocycles. The second-order valence-electron chi connectivity index (χ2n) is 8.73. The molecule has 1 saturated heterocycles. The van der Waals surface area contributed by atoms with E-state index in [9.17, 15) is 5.11 Å². The summed E-state index contributed by atoms with van der Waals surface area (Å²) in [6, 6.07) is 18.1. The van der Waals surface area contributed by atoms with Crippen molar-refractivity contribution in [3.63, 3.8) is 0 Å². The molecular weight excluding hydrogens is 472 g/mol. The number of nitrogens with one attached hydrogen (secondary N) is 1. The van der Waals surface area contributed by atoms with Crippen LogP contribution in [-0.2, 0) is 0 Å². The van der Waals surface area contributed by atoms with Gasteiger partial charge in [-0.1, -0.05) is 30.3 Å². The second-order valence-corrected chi connectivity index (χ2v) is 9.61. The first-order chi connectivity index (χ1) is 17.7. The number of aromatic nitrogens is 4. The van der Waals surface area contributed by atoms with Crippen molar-refractivity contribution in [2.24, 2.45) is 0 Å². The van der Waals surface area contributed by atoms with E-state index in [1.54, 1.807) is 24.8 Å². The van der Waals surface area contributed by atoms with E-state index < -0.39 is 0 Å². The van der Waals surface area contributed by atoms with Crippen LogP contribution in [0.2, 0.25) is 0 Å². The number of imidazole rings is 1. The summed E-state index contributed by atoms with van der Waals surface area (Å²) in [7, 11) is 1.67. The molecule has 3 aromatic heterocycles. The number of rotatable bonds is 7. The number of ether oxygens (including phenoxy) is 1. The van der Waals surface area contributed by atoms with Crippen LogP contribution in [0.15, 0.2) is 72.5 Å². The van der Waals surface area contributed by atoms with Crippen molar-refractivity contribution < 1.29 is 9.84 Å². The van der Waals surface area contributed by atoms with Crippen LogP contribution in [0.5, 0.6) is 5.75 Å². The lowest BCUT2D eigenvalue weighted by Gasteiger charge is -2.23. The number of para-hydroxylation sites is 1. The summed E-state index contributed by atoms with van der Waals surface area (Å²) < 4.78 is 8.26. The van der Waals surface area contributed by atoms with Gasteiger partial charge in [0, 0.05) is 23.2 Å². The third-order valence-electron chi connectivity index (χ3n) is 6.53. The lowest BCUT2D eigenvalue weighted by Crippen LogP contribution is -2.33. The van der Waals surface area contributed by atoms with Crippen molar-refractivity contribution in [1.29, 1.82) is 0 Å². The minimum Gasteiger partial charge on any atom is -0.497 e. The van der Waals surface area contributed by atoms with Crippen LogP contribution in [0.1, 0.15) is 12.8 Å². The third kappa shape index (κ3) is 4.16. The lowest BCUT2D eigenvalue weighted by molar-refractivity contribution is 0.265. The molecule has 2 aromatic carbocycles. The van der Waals surface area contributed by atoms with Gasteiger partial charge in [0.25, 0.3) is 0 Å². The fourth-order valence-corrected chi connectivity index (χ4v) is 5.59. The highest BCUT2D eigenvalue weighted by molar-refractivity contribution is 7.18. The molecule has 9 heteroatoms. The van der Waals surface area contributed by atoms with E-state index in [0.717, 1.165) is 52.2 Å². The summed E-state index contributed by atoms with van der Waals surface area (Å²) in [5.41, 5.74) is 4.01. The molecule has 4 heterocycles. The molecular formula is C27H26N6O2S. The minimum atomic E-state index is 0.0238. The number of methoxy groups -OCH3 is 1. The Kier molecular flexibility index (Phi) is 6.00. The Hall–Kier alpha value is -3.95. The van der Waals surface area contributed by atoms with Crippen LogP contribution < -0.4 is 15.0 Å². The minimum absolute atomic E-state index is 0.0238. The third-order valence-corrected chi connectivity index (χ3v) is 7.51. The SMILES string of the molecule is COc1ccc(-c2csc3c(Nc4cn(-c5ccccc5)cn4)nc(N4CCC[C@H]4CO)nc23)cc1. The zero-order valence-corrected chi connectivity index (χ0v) is 20.7. The van der Waals surface area contributed by atoms with E-state index in [4.69, 9.17) is 14.7 Å². The maximum atomic E-state index is 9.93. The number of benzene rings is 2. The van der Waals surface area contributed by atoms with Gasteiger partial charge in [-0.3, -0.25) is 0 Å². The normalized spacial score (nSPS) is 15.5. The molecule has 2 N–H and O–H groups in total. The predicted molar refractivity (Wildman–Crippen MR) is 144 cm³/mol. The van der Waals surface area contributed by atoms with E-state index in [0.29, 0.717) is 17.6 Å². The maximum absolute atomic E-state index is 9.93. The number of thiophene rings is 1. The quantitative estimate of drug-likeness (QED) is 0.317. The Morgan fingerprint density at radius 1 is 1.11 bits per heavy atom. The number of anilines is 3. The van der Waals surface area contributed by atoms with Crippen LogP contribution in [-0.4, -0.2) is 50.9 Å². The second kappa shape index (κ2) is 9.60. The Morgan fingerprint density at radius 2 is 1.94 bits per heavy atom. The van der Waals surface area contributed by atoms with Crippen LogP contribution >= 0.6 is 11.3 Å². The monoisotopic (exact) mass is 498 g/mol. The molecule has 0 spiro atoms. The molecule has 1 aliphatic rings. The van der Waals surface area contributed by atoms with E-state index in [1.807, 2.05) is 65.4 Å². The maximum Gasteiger partial charge on any atom is 0.228 e. The molecule has 6 rings (SSSR count). The fraction of sp³-hybridized carbons (Fsp3) is 0.222. The van der Waals surface area contributed by atoms with Gasteiger partial charge in [-0.2, -0.15) is 4.98 Å². The summed E-state index contributed by atoms with van der Waals surface area (Å²) in [5.74, 6) is 2.84. The molecule has 0 amide bonds. The number of hydrogen-bond acceptors (Lipinski definition) is 8. The van der Waals surface area contributed by atoms with E-state index >= 15 is 0 Å². The molecule has 0 aliphatic carbocycles. The highest BCUT2D eigenvalue weighted by Gasteiger charge is 2.28. The van der Waals surface area contributed by atoms with Crippen LogP contribution in [0.4, 0.5) is 17.6 Å². The Balaban J connectivity index is 1.43. The smallest absolute Gasteiger partial charge is 0.228 e.